The molecule has 1 saturated heterocycles. The van der Waals surface area contributed by atoms with Gasteiger partial charge in [-0.15, -0.1) is 0 Å². The summed E-state index contributed by atoms with van der Waals surface area (Å²) in [6, 6.07) is 13.0. The molecule has 1 aliphatic rings. The summed E-state index contributed by atoms with van der Waals surface area (Å²) in [5.41, 5.74) is 2.18. The average Bonchev–Trinajstić information content (AvgIpc) is 3.03. The van der Waals surface area contributed by atoms with Crippen LogP contribution in [0.2, 0.25) is 0 Å². The molecule has 6 heteroatoms. The van der Waals surface area contributed by atoms with E-state index in [1.165, 1.54) is 0 Å². The van der Waals surface area contributed by atoms with Crippen molar-refractivity contribution in [2.75, 3.05) is 13.2 Å². The lowest BCUT2D eigenvalue weighted by molar-refractivity contribution is 0.0937. The van der Waals surface area contributed by atoms with Gasteiger partial charge in [-0.05, 0) is 36.2 Å². The molecule has 128 valence electrons. The molecule has 0 aliphatic carbocycles. The third kappa shape index (κ3) is 4.21. The quantitative estimate of drug-likeness (QED) is 0.859. The number of pyridine rings is 1. The highest BCUT2D eigenvalue weighted by atomic mass is 16.3. The van der Waals surface area contributed by atoms with E-state index in [0.29, 0.717) is 30.6 Å². The Morgan fingerprint density at radius 2 is 2.28 bits per heavy atom. The first kappa shape index (κ1) is 17.1. The highest BCUT2D eigenvalue weighted by molar-refractivity contribution is 5.94. The van der Waals surface area contributed by atoms with Crippen LogP contribution in [0.25, 0.3) is 0 Å². The molecule has 0 spiro atoms. The van der Waals surface area contributed by atoms with E-state index < -0.39 is 0 Å². The van der Waals surface area contributed by atoms with E-state index in [9.17, 15) is 9.90 Å². The van der Waals surface area contributed by atoms with Gasteiger partial charge in [-0.3, -0.25) is 14.7 Å². The van der Waals surface area contributed by atoms with Crippen LogP contribution in [0.3, 0.4) is 0 Å². The predicted molar refractivity (Wildman–Crippen MR) is 92.5 cm³/mol. The number of nitrogens with one attached hydrogen (secondary N) is 1. The second kappa shape index (κ2) is 7.88. The number of aromatic nitrogens is 1. The minimum absolute atomic E-state index is 0.00931. The summed E-state index contributed by atoms with van der Waals surface area (Å²) in [6.07, 6.45) is 3.87. The van der Waals surface area contributed by atoms with Gasteiger partial charge in [0, 0.05) is 37.6 Å². The first-order chi connectivity index (χ1) is 12.2. The molecule has 1 amide bonds. The Bertz CT molecular complexity index is 772. The fraction of sp³-hybridized carbons (Fsp3) is 0.316. The van der Waals surface area contributed by atoms with Gasteiger partial charge in [0.05, 0.1) is 23.8 Å². The van der Waals surface area contributed by atoms with Gasteiger partial charge in [0.2, 0.25) is 0 Å². The summed E-state index contributed by atoms with van der Waals surface area (Å²) in [7, 11) is 0. The largest absolute Gasteiger partial charge is 0.395 e. The molecule has 0 unspecified atom stereocenters. The number of likely N-dealkylation sites (tertiary alicyclic amines) is 1. The van der Waals surface area contributed by atoms with Crippen LogP contribution in [-0.4, -0.2) is 46.1 Å². The standard InChI is InChI=1S/C19H20N4O2/c20-9-14-3-1-4-15(7-14)11-23-12-17(8-18(23)13-24)22-19(25)16-5-2-6-21-10-16/h1-7,10,17-18,24H,8,11-13H2,(H,22,25)/t17-,18-/m0/s1. The van der Waals surface area contributed by atoms with Crippen LogP contribution < -0.4 is 5.32 Å². The molecule has 0 saturated carbocycles. The average molecular weight is 336 g/mol. The summed E-state index contributed by atoms with van der Waals surface area (Å²) >= 11 is 0. The van der Waals surface area contributed by atoms with E-state index in [1.807, 2.05) is 18.2 Å². The fourth-order valence-electron chi connectivity index (χ4n) is 3.21. The SMILES string of the molecule is N#Cc1cccc(CN2C[C@@H](NC(=O)c3cccnc3)C[C@H]2CO)c1. The molecule has 2 heterocycles. The topological polar surface area (TPSA) is 89.3 Å². The lowest BCUT2D eigenvalue weighted by Crippen LogP contribution is -2.37. The Kier molecular flexibility index (Phi) is 5.39. The van der Waals surface area contributed by atoms with Gasteiger partial charge in [0.25, 0.3) is 5.91 Å². The number of nitrogens with zero attached hydrogens (tertiary/aromatic N) is 3. The van der Waals surface area contributed by atoms with Crippen molar-refractivity contribution < 1.29 is 9.90 Å². The molecule has 3 rings (SSSR count). The molecule has 1 aromatic heterocycles. The van der Waals surface area contributed by atoms with Gasteiger partial charge in [-0.2, -0.15) is 5.26 Å². The molecular formula is C19H20N4O2. The van der Waals surface area contributed by atoms with Crippen LogP contribution in [0, 0.1) is 11.3 Å². The van der Waals surface area contributed by atoms with Crippen molar-refractivity contribution >= 4 is 5.91 Å². The maximum atomic E-state index is 12.3. The number of carbonyl (C=O) groups is 1. The van der Waals surface area contributed by atoms with Gasteiger partial charge >= 0.3 is 0 Å². The predicted octanol–water partition coefficient (Wildman–Crippen LogP) is 1.32. The Morgan fingerprint density at radius 1 is 1.40 bits per heavy atom. The van der Waals surface area contributed by atoms with Crippen molar-refractivity contribution in [1.29, 1.82) is 5.26 Å². The molecule has 2 atom stereocenters. The van der Waals surface area contributed by atoms with Crippen LogP contribution in [0.15, 0.2) is 48.8 Å². The number of aliphatic hydroxyl groups excluding tert-OH is 1. The molecule has 1 aromatic carbocycles. The van der Waals surface area contributed by atoms with Crippen LogP contribution in [-0.2, 0) is 6.54 Å². The van der Waals surface area contributed by atoms with Crippen LogP contribution in [0.1, 0.15) is 27.9 Å². The third-order valence-electron chi connectivity index (χ3n) is 4.44. The third-order valence-corrected chi connectivity index (χ3v) is 4.44. The molecule has 0 bridgehead atoms. The number of nitriles is 1. The highest BCUT2D eigenvalue weighted by Crippen LogP contribution is 2.21. The van der Waals surface area contributed by atoms with Crippen molar-refractivity contribution in [1.82, 2.24) is 15.2 Å². The Hall–Kier alpha value is -2.75. The molecule has 1 aliphatic heterocycles. The van der Waals surface area contributed by atoms with Crippen molar-refractivity contribution in [2.24, 2.45) is 0 Å². The van der Waals surface area contributed by atoms with Crippen LogP contribution in [0.5, 0.6) is 0 Å². The lowest BCUT2D eigenvalue weighted by Gasteiger charge is -2.22. The van der Waals surface area contributed by atoms with Crippen LogP contribution in [0.4, 0.5) is 0 Å². The number of amides is 1. The molecule has 0 radical (unpaired) electrons. The molecule has 2 aromatic rings. The summed E-state index contributed by atoms with van der Waals surface area (Å²) < 4.78 is 0. The first-order valence-electron chi connectivity index (χ1n) is 8.24. The van der Waals surface area contributed by atoms with Crippen molar-refractivity contribution in [2.45, 2.75) is 25.0 Å². The van der Waals surface area contributed by atoms with E-state index in [1.54, 1.807) is 30.6 Å². The van der Waals surface area contributed by atoms with Crippen molar-refractivity contribution in [3.8, 4) is 6.07 Å². The minimum Gasteiger partial charge on any atom is -0.395 e. The van der Waals surface area contributed by atoms with Gasteiger partial charge in [0.15, 0.2) is 0 Å². The number of hydrogen-bond donors (Lipinski definition) is 2. The monoisotopic (exact) mass is 336 g/mol. The Labute approximate surface area is 146 Å². The smallest absolute Gasteiger partial charge is 0.253 e. The highest BCUT2D eigenvalue weighted by Gasteiger charge is 2.32. The summed E-state index contributed by atoms with van der Waals surface area (Å²) in [5, 5.41) is 21.7. The molecule has 1 fully saturated rings. The fourth-order valence-corrected chi connectivity index (χ4v) is 3.21. The second-order valence-corrected chi connectivity index (χ2v) is 6.23. The van der Waals surface area contributed by atoms with E-state index in [2.05, 4.69) is 21.3 Å². The van der Waals surface area contributed by atoms with Crippen LogP contribution >= 0.6 is 0 Å². The summed E-state index contributed by atoms with van der Waals surface area (Å²) in [4.78, 5) is 18.4. The zero-order valence-corrected chi connectivity index (χ0v) is 13.8. The minimum atomic E-state index is -0.150. The second-order valence-electron chi connectivity index (χ2n) is 6.23. The number of benzene rings is 1. The lowest BCUT2D eigenvalue weighted by atomic mass is 10.1. The number of aliphatic hydroxyl groups is 1. The number of hydrogen-bond acceptors (Lipinski definition) is 5. The van der Waals surface area contributed by atoms with Crippen molar-refractivity contribution in [3.05, 3.63) is 65.5 Å². The zero-order valence-electron chi connectivity index (χ0n) is 13.8. The van der Waals surface area contributed by atoms with Gasteiger partial charge in [-0.25, -0.2) is 0 Å². The maximum absolute atomic E-state index is 12.3. The molecule has 2 N–H and O–H groups in total. The van der Waals surface area contributed by atoms with E-state index in [0.717, 1.165) is 5.56 Å². The molecular weight excluding hydrogens is 316 g/mol. The van der Waals surface area contributed by atoms with Crippen molar-refractivity contribution in [3.63, 3.8) is 0 Å². The number of carbonyl (C=O) groups excluding carboxylic acids is 1. The zero-order chi connectivity index (χ0) is 17.6. The number of rotatable bonds is 5. The first-order valence-corrected chi connectivity index (χ1v) is 8.24. The van der Waals surface area contributed by atoms with E-state index >= 15 is 0 Å². The molecule has 25 heavy (non-hydrogen) atoms. The Morgan fingerprint density at radius 3 is 3.00 bits per heavy atom. The van der Waals surface area contributed by atoms with E-state index in [-0.39, 0.29) is 24.6 Å². The van der Waals surface area contributed by atoms with Gasteiger partial charge < -0.3 is 10.4 Å². The Balaban J connectivity index is 1.64. The maximum Gasteiger partial charge on any atom is 0.253 e. The molecule has 6 nitrogen and oxygen atoms in total. The normalized spacial score (nSPS) is 20.2. The summed E-state index contributed by atoms with van der Waals surface area (Å²) in [6.45, 7) is 1.34. The van der Waals surface area contributed by atoms with Gasteiger partial charge in [0.1, 0.15) is 0 Å². The van der Waals surface area contributed by atoms with E-state index in [4.69, 9.17) is 5.26 Å². The van der Waals surface area contributed by atoms with Gasteiger partial charge in [-0.1, -0.05) is 12.1 Å². The summed E-state index contributed by atoms with van der Waals surface area (Å²) in [5.74, 6) is -0.150.